The van der Waals surface area contributed by atoms with Gasteiger partial charge in [-0.25, -0.2) is 0 Å². The smallest absolute Gasteiger partial charge is 0.223 e. The molecule has 1 N–H and O–H groups in total. The molecule has 1 unspecified atom stereocenters. The monoisotopic (exact) mass is 337 g/mol. The molecule has 2 rings (SSSR count). The molecular formula is C17H24BrNO. The number of nitrogens with one attached hydrogen (secondary N) is 1. The molecule has 0 bridgehead atoms. The minimum Gasteiger partial charge on any atom is -0.352 e. The number of hydrogen-bond acceptors (Lipinski definition) is 1. The maximum Gasteiger partial charge on any atom is 0.223 e. The second-order valence-electron chi connectivity index (χ2n) is 5.74. The molecule has 2 nitrogen and oxygen atoms in total. The van der Waals surface area contributed by atoms with E-state index in [1.165, 1.54) is 31.2 Å². The number of hydrogen-bond donors (Lipinski definition) is 1. The van der Waals surface area contributed by atoms with Crippen LogP contribution in [0.5, 0.6) is 0 Å². The zero-order valence-corrected chi connectivity index (χ0v) is 13.6. The Labute approximate surface area is 130 Å². The van der Waals surface area contributed by atoms with E-state index in [4.69, 9.17) is 0 Å². The highest BCUT2D eigenvalue weighted by molar-refractivity contribution is 9.09. The second kappa shape index (κ2) is 8.46. The van der Waals surface area contributed by atoms with Crippen LogP contribution in [-0.2, 0) is 11.2 Å². The summed E-state index contributed by atoms with van der Waals surface area (Å²) in [6.45, 7) is 0. The van der Waals surface area contributed by atoms with Gasteiger partial charge in [0, 0.05) is 17.3 Å². The predicted octanol–water partition coefficient (Wildman–Crippen LogP) is 4.08. The zero-order chi connectivity index (χ0) is 14.2. The molecule has 1 aromatic carbocycles. The molecule has 20 heavy (non-hydrogen) atoms. The van der Waals surface area contributed by atoms with E-state index in [1.807, 2.05) is 18.2 Å². The van der Waals surface area contributed by atoms with Crippen molar-refractivity contribution in [3.05, 3.63) is 35.9 Å². The summed E-state index contributed by atoms with van der Waals surface area (Å²) >= 11 is 3.53. The van der Waals surface area contributed by atoms with Crippen LogP contribution >= 0.6 is 15.9 Å². The van der Waals surface area contributed by atoms with Gasteiger partial charge in [-0.15, -0.1) is 0 Å². The maximum absolute atomic E-state index is 12.4. The lowest BCUT2D eigenvalue weighted by atomic mass is 9.98. The molecular weight excluding hydrogens is 314 g/mol. The van der Waals surface area contributed by atoms with E-state index in [9.17, 15) is 4.79 Å². The van der Waals surface area contributed by atoms with E-state index in [-0.39, 0.29) is 17.9 Å². The van der Waals surface area contributed by atoms with Crippen molar-refractivity contribution in [3.8, 4) is 0 Å². The van der Waals surface area contributed by atoms with Crippen LogP contribution in [0.1, 0.15) is 44.1 Å². The van der Waals surface area contributed by atoms with Crippen LogP contribution in [0.3, 0.4) is 0 Å². The van der Waals surface area contributed by atoms with E-state index in [2.05, 4.69) is 33.4 Å². The molecule has 1 aliphatic carbocycles. The molecule has 1 amide bonds. The first-order chi connectivity index (χ1) is 9.79. The molecule has 0 heterocycles. The SMILES string of the molecule is O=C(NC(CBr)Cc1ccccc1)C1CCCCCC1. The van der Waals surface area contributed by atoms with Gasteiger partial charge in [-0.3, -0.25) is 4.79 Å². The average Bonchev–Trinajstić information content (AvgIpc) is 2.76. The molecule has 0 spiro atoms. The third-order valence-corrected chi connectivity index (χ3v) is 4.87. The topological polar surface area (TPSA) is 29.1 Å². The lowest BCUT2D eigenvalue weighted by molar-refractivity contribution is -0.125. The molecule has 0 aliphatic heterocycles. The van der Waals surface area contributed by atoms with Gasteiger partial charge in [0.2, 0.25) is 5.91 Å². The highest BCUT2D eigenvalue weighted by Crippen LogP contribution is 2.23. The second-order valence-corrected chi connectivity index (χ2v) is 6.39. The summed E-state index contributed by atoms with van der Waals surface area (Å²) in [5, 5.41) is 4.03. The third kappa shape index (κ3) is 4.93. The normalized spacial score (nSPS) is 18.2. The van der Waals surface area contributed by atoms with Crippen LogP contribution in [0.25, 0.3) is 0 Å². The number of carbonyl (C=O) groups excluding carboxylic acids is 1. The molecule has 1 aliphatic rings. The summed E-state index contributed by atoms with van der Waals surface area (Å²) < 4.78 is 0. The van der Waals surface area contributed by atoms with E-state index in [0.717, 1.165) is 24.6 Å². The maximum atomic E-state index is 12.4. The summed E-state index contributed by atoms with van der Waals surface area (Å²) in [5.41, 5.74) is 1.28. The van der Waals surface area contributed by atoms with Gasteiger partial charge in [0.25, 0.3) is 0 Å². The first-order valence-corrected chi connectivity index (χ1v) is 8.82. The number of alkyl halides is 1. The minimum absolute atomic E-state index is 0.188. The van der Waals surface area contributed by atoms with Gasteiger partial charge in [0.1, 0.15) is 0 Å². The molecule has 0 radical (unpaired) electrons. The molecule has 1 fully saturated rings. The standard InChI is InChI=1S/C17H24BrNO/c18-13-16(12-14-8-4-3-5-9-14)19-17(20)15-10-6-1-2-7-11-15/h3-5,8-9,15-16H,1-2,6-7,10-13H2,(H,19,20). The van der Waals surface area contributed by atoms with Gasteiger partial charge in [-0.1, -0.05) is 71.9 Å². The van der Waals surface area contributed by atoms with Gasteiger partial charge < -0.3 is 5.32 Å². The van der Waals surface area contributed by atoms with Crippen LogP contribution in [0.15, 0.2) is 30.3 Å². The van der Waals surface area contributed by atoms with Crippen molar-refractivity contribution >= 4 is 21.8 Å². The van der Waals surface area contributed by atoms with Gasteiger partial charge in [-0.05, 0) is 24.8 Å². The first kappa shape index (κ1) is 15.6. The molecule has 1 saturated carbocycles. The van der Waals surface area contributed by atoms with Crippen LogP contribution < -0.4 is 5.32 Å². The Morgan fingerprint density at radius 3 is 2.40 bits per heavy atom. The van der Waals surface area contributed by atoms with E-state index >= 15 is 0 Å². The highest BCUT2D eigenvalue weighted by atomic mass is 79.9. The van der Waals surface area contributed by atoms with Crippen LogP contribution in [0, 0.1) is 5.92 Å². The largest absolute Gasteiger partial charge is 0.352 e. The fourth-order valence-corrected chi connectivity index (χ4v) is 3.29. The van der Waals surface area contributed by atoms with Crippen molar-refractivity contribution < 1.29 is 4.79 Å². The lowest BCUT2D eigenvalue weighted by Crippen LogP contribution is -2.41. The Bertz CT molecular complexity index is 399. The number of rotatable bonds is 5. The van der Waals surface area contributed by atoms with Crippen molar-refractivity contribution in [1.82, 2.24) is 5.32 Å². The van der Waals surface area contributed by atoms with E-state index in [1.54, 1.807) is 0 Å². The van der Waals surface area contributed by atoms with Crippen molar-refractivity contribution in [2.24, 2.45) is 5.92 Å². The predicted molar refractivity (Wildman–Crippen MR) is 87.1 cm³/mol. The Hall–Kier alpha value is -0.830. The van der Waals surface area contributed by atoms with Crippen LogP contribution in [0.2, 0.25) is 0 Å². The van der Waals surface area contributed by atoms with E-state index in [0.29, 0.717) is 0 Å². The van der Waals surface area contributed by atoms with Crippen molar-refractivity contribution in [2.45, 2.75) is 51.0 Å². The molecule has 0 aromatic heterocycles. The van der Waals surface area contributed by atoms with Gasteiger partial charge >= 0.3 is 0 Å². The minimum atomic E-state index is 0.188. The average molecular weight is 338 g/mol. The number of carbonyl (C=O) groups is 1. The highest BCUT2D eigenvalue weighted by Gasteiger charge is 2.22. The Kier molecular flexibility index (Phi) is 6.58. The fourth-order valence-electron chi connectivity index (χ4n) is 2.90. The third-order valence-electron chi connectivity index (χ3n) is 4.08. The Morgan fingerprint density at radius 2 is 1.80 bits per heavy atom. The van der Waals surface area contributed by atoms with Gasteiger partial charge in [0.15, 0.2) is 0 Å². The van der Waals surface area contributed by atoms with E-state index < -0.39 is 0 Å². The summed E-state index contributed by atoms with van der Waals surface area (Å²) in [4.78, 5) is 12.4. The molecule has 1 aromatic rings. The fraction of sp³-hybridized carbons (Fsp3) is 0.588. The molecule has 110 valence electrons. The van der Waals surface area contributed by atoms with Crippen molar-refractivity contribution in [2.75, 3.05) is 5.33 Å². The quantitative estimate of drug-likeness (QED) is 0.636. The van der Waals surface area contributed by atoms with Crippen molar-refractivity contribution in [3.63, 3.8) is 0 Å². The Balaban J connectivity index is 1.87. The number of benzene rings is 1. The summed E-state index contributed by atoms with van der Waals surface area (Å²) in [6.07, 6.45) is 8.00. The van der Waals surface area contributed by atoms with Crippen LogP contribution in [0.4, 0.5) is 0 Å². The molecule has 1 atom stereocenters. The lowest BCUT2D eigenvalue weighted by Gasteiger charge is -2.20. The van der Waals surface area contributed by atoms with Crippen molar-refractivity contribution in [1.29, 1.82) is 0 Å². The first-order valence-electron chi connectivity index (χ1n) is 7.70. The zero-order valence-electron chi connectivity index (χ0n) is 12.0. The molecule has 0 saturated heterocycles. The summed E-state index contributed by atoms with van der Waals surface area (Å²) in [6, 6.07) is 10.5. The van der Waals surface area contributed by atoms with Gasteiger partial charge in [-0.2, -0.15) is 0 Å². The number of amides is 1. The summed E-state index contributed by atoms with van der Waals surface area (Å²) in [5.74, 6) is 0.488. The molecule has 3 heteroatoms. The number of halogens is 1. The Morgan fingerprint density at radius 1 is 1.15 bits per heavy atom. The van der Waals surface area contributed by atoms with Crippen LogP contribution in [-0.4, -0.2) is 17.3 Å². The van der Waals surface area contributed by atoms with Gasteiger partial charge in [0.05, 0.1) is 0 Å². The summed E-state index contributed by atoms with van der Waals surface area (Å²) in [7, 11) is 0.